The summed E-state index contributed by atoms with van der Waals surface area (Å²) in [5, 5.41) is 4.09. The molecule has 1 heterocycles. The summed E-state index contributed by atoms with van der Waals surface area (Å²) in [5.41, 5.74) is 0.0680. The third kappa shape index (κ3) is 3.30. The van der Waals surface area contributed by atoms with Crippen LogP contribution in [0.1, 0.15) is 30.0 Å². The van der Waals surface area contributed by atoms with Gasteiger partial charge in [-0.15, -0.1) is 0 Å². The fourth-order valence-corrected chi connectivity index (χ4v) is 2.25. The van der Waals surface area contributed by atoms with Gasteiger partial charge in [-0.3, -0.25) is 4.79 Å². The molecule has 20 heavy (non-hydrogen) atoms. The highest BCUT2D eigenvalue weighted by Gasteiger charge is 2.17. The molecule has 0 atom stereocenters. The van der Waals surface area contributed by atoms with Crippen LogP contribution in [0, 0.1) is 11.7 Å². The number of aromatic nitrogens is 3. The SMILES string of the molecule is CC(C)Cn1ncnc1CC(=O)c1cccc(Br)c1F. The van der Waals surface area contributed by atoms with E-state index < -0.39 is 5.82 Å². The highest BCUT2D eigenvalue weighted by molar-refractivity contribution is 9.10. The number of hydrogen-bond acceptors (Lipinski definition) is 3. The molecule has 0 saturated carbocycles. The van der Waals surface area contributed by atoms with Crippen LogP contribution in [0.2, 0.25) is 0 Å². The first kappa shape index (κ1) is 14.8. The normalized spacial score (nSPS) is 11.1. The van der Waals surface area contributed by atoms with Gasteiger partial charge in [0.05, 0.1) is 16.5 Å². The van der Waals surface area contributed by atoms with E-state index in [0.29, 0.717) is 18.3 Å². The van der Waals surface area contributed by atoms with Gasteiger partial charge >= 0.3 is 0 Å². The largest absolute Gasteiger partial charge is 0.294 e. The third-order valence-corrected chi connectivity index (χ3v) is 3.42. The van der Waals surface area contributed by atoms with Crippen LogP contribution in [0.5, 0.6) is 0 Å². The third-order valence-electron chi connectivity index (χ3n) is 2.80. The Morgan fingerprint density at radius 2 is 2.20 bits per heavy atom. The molecule has 0 N–H and O–H groups in total. The lowest BCUT2D eigenvalue weighted by Crippen LogP contribution is -2.15. The Kier molecular flexibility index (Phi) is 4.65. The molecular weight excluding hydrogens is 325 g/mol. The topological polar surface area (TPSA) is 47.8 Å². The van der Waals surface area contributed by atoms with E-state index in [4.69, 9.17) is 0 Å². The fraction of sp³-hybridized carbons (Fsp3) is 0.357. The van der Waals surface area contributed by atoms with Gasteiger partial charge in [0.1, 0.15) is 18.0 Å². The molecule has 0 fully saturated rings. The van der Waals surface area contributed by atoms with E-state index in [1.807, 2.05) is 0 Å². The van der Waals surface area contributed by atoms with Crippen LogP contribution < -0.4 is 0 Å². The molecule has 2 aromatic rings. The van der Waals surface area contributed by atoms with Crippen LogP contribution >= 0.6 is 15.9 Å². The van der Waals surface area contributed by atoms with Gasteiger partial charge in [-0.2, -0.15) is 5.10 Å². The smallest absolute Gasteiger partial charge is 0.173 e. The van der Waals surface area contributed by atoms with Crippen LogP contribution in [-0.4, -0.2) is 20.5 Å². The zero-order chi connectivity index (χ0) is 14.7. The number of halogens is 2. The van der Waals surface area contributed by atoms with Gasteiger partial charge in [0.25, 0.3) is 0 Å². The number of ketones is 1. The second-order valence-corrected chi connectivity index (χ2v) is 5.81. The molecule has 2 rings (SSSR count). The van der Waals surface area contributed by atoms with Crippen LogP contribution in [0.3, 0.4) is 0 Å². The first-order valence-electron chi connectivity index (χ1n) is 6.33. The van der Waals surface area contributed by atoms with Crippen molar-refractivity contribution in [2.24, 2.45) is 5.92 Å². The first-order chi connectivity index (χ1) is 9.49. The Bertz CT molecular complexity index is 625. The predicted molar refractivity (Wildman–Crippen MR) is 77.0 cm³/mol. The van der Waals surface area contributed by atoms with E-state index in [2.05, 4.69) is 39.9 Å². The van der Waals surface area contributed by atoms with Crippen molar-refractivity contribution in [3.05, 3.63) is 46.2 Å². The minimum atomic E-state index is -0.535. The van der Waals surface area contributed by atoms with E-state index in [9.17, 15) is 9.18 Å². The van der Waals surface area contributed by atoms with E-state index in [1.54, 1.807) is 16.8 Å². The van der Waals surface area contributed by atoms with Crippen molar-refractivity contribution < 1.29 is 9.18 Å². The molecule has 1 aromatic heterocycles. The molecule has 1 aromatic carbocycles. The lowest BCUT2D eigenvalue weighted by molar-refractivity contribution is 0.0985. The summed E-state index contributed by atoms with van der Waals surface area (Å²) in [6.45, 7) is 4.80. The van der Waals surface area contributed by atoms with Crippen molar-refractivity contribution >= 4 is 21.7 Å². The van der Waals surface area contributed by atoms with Crippen molar-refractivity contribution in [3.8, 4) is 0 Å². The zero-order valence-electron chi connectivity index (χ0n) is 11.3. The molecular formula is C14H15BrFN3O. The highest BCUT2D eigenvalue weighted by atomic mass is 79.9. The monoisotopic (exact) mass is 339 g/mol. The zero-order valence-corrected chi connectivity index (χ0v) is 12.9. The number of hydrogen-bond donors (Lipinski definition) is 0. The highest BCUT2D eigenvalue weighted by Crippen LogP contribution is 2.19. The summed E-state index contributed by atoms with van der Waals surface area (Å²) in [6, 6.07) is 4.68. The van der Waals surface area contributed by atoms with Gasteiger partial charge in [-0.05, 0) is 34.0 Å². The molecule has 0 bridgehead atoms. The summed E-state index contributed by atoms with van der Waals surface area (Å²) in [6.07, 6.45) is 1.46. The maximum atomic E-state index is 13.9. The molecule has 0 radical (unpaired) electrons. The Labute approximate surface area is 125 Å². The lowest BCUT2D eigenvalue weighted by atomic mass is 10.1. The quantitative estimate of drug-likeness (QED) is 0.785. The van der Waals surface area contributed by atoms with Gasteiger partial charge in [-0.25, -0.2) is 14.1 Å². The van der Waals surface area contributed by atoms with Crippen molar-refractivity contribution in [2.45, 2.75) is 26.8 Å². The molecule has 6 heteroatoms. The molecule has 0 amide bonds. The summed E-state index contributed by atoms with van der Waals surface area (Å²) in [7, 11) is 0. The Morgan fingerprint density at radius 3 is 2.90 bits per heavy atom. The molecule has 4 nitrogen and oxygen atoms in total. The van der Waals surface area contributed by atoms with Crippen LogP contribution in [0.25, 0.3) is 0 Å². The van der Waals surface area contributed by atoms with Gasteiger partial charge in [0.2, 0.25) is 0 Å². The second kappa shape index (κ2) is 6.26. The van der Waals surface area contributed by atoms with Crippen molar-refractivity contribution in [1.82, 2.24) is 14.8 Å². The molecule has 0 spiro atoms. The Balaban J connectivity index is 2.20. The molecule has 0 aliphatic carbocycles. The minimum absolute atomic E-state index is 0.0418. The van der Waals surface area contributed by atoms with Crippen molar-refractivity contribution in [2.75, 3.05) is 0 Å². The van der Waals surface area contributed by atoms with E-state index in [0.717, 1.165) is 0 Å². The summed E-state index contributed by atoms with van der Waals surface area (Å²) in [5.74, 6) is 0.116. The maximum Gasteiger partial charge on any atom is 0.173 e. The standard InChI is InChI=1S/C14H15BrFN3O/c1-9(2)7-19-13(17-8-18-19)6-12(20)10-4-3-5-11(15)14(10)16/h3-5,8-9H,6-7H2,1-2H3. The molecule has 0 saturated heterocycles. The van der Waals surface area contributed by atoms with E-state index >= 15 is 0 Å². The molecule has 0 unspecified atom stereocenters. The van der Waals surface area contributed by atoms with Gasteiger partial charge in [0.15, 0.2) is 5.78 Å². The first-order valence-corrected chi connectivity index (χ1v) is 7.12. The van der Waals surface area contributed by atoms with Crippen LogP contribution in [0.4, 0.5) is 4.39 Å². The number of Topliss-reactive ketones (excluding diaryl/α,β-unsaturated/α-hetero) is 1. The molecule has 106 valence electrons. The van der Waals surface area contributed by atoms with Gasteiger partial charge in [0, 0.05) is 6.54 Å². The number of benzene rings is 1. The predicted octanol–water partition coefficient (Wildman–Crippen LogP) is 3.26. The number of carbonyl (C=O) groups excluding carboxylic acids is 1. The van der Waals surface area contributed by atoms with Gasteiger partial charge < -0.3 is 0 Å². The van der Waals surface area contributed by atoms with E-state index in [1.165, 1.54) is 12.4 Å². The average molecular weight is 340 g/mol. The number of rotatable bonds is 5. The van der Waals surface area contributed by atoms with Crippen molar-refractivity contribution in [1.29, 1.82) is 0 Å². The Morgan fingerprint density at radius 1 is 1.45 bits per heavy atom. The summed E-state index contributed by atoms with van der Waals surface area (Å²) < 4.78 is 15.9. The average Bonchev–Trinajstić information content (AvgIpc) is 2.79. The van der Waals surface area contributed by atoms with Gasteiger partial charge in [-0.1, -0.05) is 19.9 Å². The maximum absolute atomic E-state index is 13.9. The second-order valence-electron chi connectivity index (χ2n) is 4.95. The molecule has 0 aliphatic heterocycles. The number of nitrogens with zero attached hydrogens (tertiary/aromatic N) is 3. The summed E-state index contributed by atoms with van der Waals surface area (Å²) >= 11 is 3.08. The van der Waals surface area contributed by atoms with Crippen molar-refractivity contribution in [3.63, 3.8) is 0 Å². The Hall–Kier alpha value is -1.56. The van der Waals surface area contributed by atoms with Crippen LogP contribution in [-0.2, 0) is 13.0 Å². The number of carbonyl (C=O) groups is 1. The fourth-order valence-electron chi connectivity index (χ4n) is 1.88. The van der Waals surface area contributed by atoms with E-state index in [-0.39, 0.29) is 22.2 Å². The summed E-state index contributed by atoms with van der Waals surface area (Å²) in [4.78, 5) is 16.3. The lowest BCUT2D eigenvalue weighted by Gasteiger charge is -2.08. The van der Waals surface area contributed by atoms with Crippen LogP contribution in [0.15, 0.2) is 29.0 Å². The molecule has 0 aliphatic rings. The minimum Gasteiger partial charge on any atom is -0.294 e.